The molecule has 0 atom stereocenters. The van der Waals surface area contributed by atoms with Gasteiger partial charge in [-0.05, 0) is 31.3 Å². The average Bonchev–Trinajstić information content (AvgIpc) is 2.24. The molecule has 5 heteroatoms. The van der Waals surface area contributed by atoms with Gasteiger partial charge >= 0.3 is 0 Å². The van der Waals surface area contributed by atoms with Gasteiger partial charge < -0.3 is 5.32 Å². The van der Waals surface area contributed by atoms with Crippen molar-refractivity contribution in [3.8, 4) is 0 Å². The van der Waals surface area contributed by atoms with Crippen molar-refractivity contribution in [1.82, 2.24) is 10.2 Å². The summed E-state index contributed by atoms with van der Waals surface area (Å²) >= 11 is 0. The van der Waals surface area contributed by atoms with Gasteiger partial charge in [0.2, 0.25) is 11.8 Å². The van der Waals surface area contributed by atoms with Crippen LogP contribution in [0.5, 0.6) is 0 Å². The number of carbonyl (C=O) groups excluding carboxylic acids is 2. The minimum Gasteiger partial charge on any atom is -0.317 e. The molecule has 0 aromatic carbocycles. The third kappa shape index (κ3) is 2.09. The van der Waals surface area contributed by atoms with Gasteiger partial charge in [-0.3, -0.25) is 14.5 Å². The Morgan fingerprint density at radius 1 is 1.19 bits per heavy atom. The molecule has 1 N–H and O–H groups in total. The molecule has 0 radical (unpaired) electrons. The van der Waals surface area contributed by atoms with Crippen LogP contribution < -0.4 is 5.32 Å². The van der Waals surface area contributed by atoms with Gasteiger partial charge in [0.1, 0.15) is 6.67 Å². The second-order valence-corrected chi connectivity index (χ2v) is 4.73. The van der Waals surface area contributed by atoms with Crippen molar-refractivity contribution in [2.45, 2.75) is 25.7 Å². The lowest BCUT2D eigenvalue weighted by Gasteiger charge is -2.42. The topological polar surface area (TPSA) is 49.4 Å². The van der Waals surface area contributed by atoms with Gasteiger partial charge in [0.15, 0.2) is 0 Å². The highest BCUT2D eigenvalue weighted by atomic mass is 19.1. The van der Waals surface area contributed by atoms with E-state index in [1.54, 1.807) is 0 Å². The quantitative estimate of drug-likeness (QED) is 0.699. The smallest absolute Gasteiger partial charge is 0.229 e. The standard InChI is InChI=1S/C11H17FN2O2/c12-3-6-14-9(15)7-11(8-10(14)16)1-4-13-5-2-11/h13H,1-8H2. The van der Waals surface area contributed by atoms with Crippen LogP contribution in [0.3, 0.4) is 0 Å². The molecule has 0 aromatic rings. The molecule has 2 heterocycles. The molecule has 0 bridgehead atoms. The zero-order valence-electron chi connectivity index (χ0n) is 9.30. The number of nitrogens with zero attached hydrogens (tertiary/aromatic N) is 1. The van der Waals surface area contributed by atoms with E-state index in [9.17, 15) is 14.0 Å². The number of nitrogens with one attached hydrogen (secondary N) is 1. The van der Waals surface area contributed by atoms with Crippen LogP contribution in [-0.2, 0) is 9.59 Å². The van der Waals surface area contributed by atoms with E-state index < -0.39 is 6.67 Å². The molecular formula is C11H17FN2O2. The number of alkyl halides is 1. The maximum atomic E-state index is 12.2. The van der Waals surface area contributed by atoms with Gasteiger partial charge in [-0.25, -0.2) is 4.39 Å². The zero-order chi connectivity index (χ0) is 11.6. The highest BCUT2D eigenvalue weighted by Gasteiger charge is 2.43. The van der Waals surface area contributed by atoms with Crippen molar-refractivity contribution in [3.63, 3.8) is 0 Å². The van der Waals surface area contributed by atoms with Gasteiger partial charge in [0.05, 0.1) is 6.54 Å². The molecule has 4 nitrogen and oxygen atoms in total. The van der Waals surface area contributed by atoms with Crippen LogP contribution in [0.2, 0.25) is 0 Å². The first-order valence-corrected chi connectivity index (χ1v) is 5.77. The lowest BCUT2D eigenvalue weighted by Crippen LogP contribution is -2.51. The zero-order valence-corrected chi connectivity index (χ0v) is 9.30. The number of rotatable bonds is 2. The fourth-order valence-corrected chi connectivity index (χ4v) is 2.68. The number of piperidine rings is 2. The van der Waals surface area contributed by atoms with E-state index in [0.29, 0.717) is 12.8 Å². The third-order valence-corrected chi connectivity index (χ3v) is 3.63. The Morgan fingerprint density at radius 3 is 2.25 bits per heavy atom. The van der Waals surface area contributed by atoms with Crippen LogP contribution in [0.4, 0.5) is 4.39 Å². The maximum absolute atomic E-state index is 12.2. The fraction of sp³-hybridized carbons (Fsp3) is 0.818. The van der Waals surface area contributed by atoms with Crippen molar-refractivity contribution in [2.24, 2.45) is 5.41 Å². The number of likely N-dealkylation sites (tertiary alicyclic amines) is 1. The molecular weight excluding hydrogens is 211 g/mol. The summed E-state index contributed by atoms with van der Waals surface area (Å²) in [7, 11) is 0. The van der Waals surface area contributed by atoms with Gasteiger partial charge in [-0.15, -0.1) is 0 Å². The molecule has 90 valence electrons. The largest absolute Gasteiger partial charge is 0.317 e. The first-order chi connectivity index (χ1) is 7.67. The lowest BCUT2D eigenvalue weighted by molar-refractivity contribution is -0.154. The summed E-state index contributed by atoms with van der Waals surface area (Å²) in [5.74, 6) is -0.397. The Hall–Kier alpha value is -0.970. The Balaban J connectivity index is 2.07. The average molecular weight is 228 g/mol. The summed E-state index contributed by atoms with van der Waals surface area (Å²) in [6.45, 7) is 1.01. The molecule has 2 rings (SSSR count). The SMILES string of the molecule is O=C1CC2(CCNCC2)CC(=O)N1CCF. The van der Waals surface area contributed by atoms with E-state index in [2.05, 4.69) is 5.32 Å². The minimum atomic E-state index is -0.647. The van der Waals surface area contributed by atoms with E-state index in [1.165, 1.54) is 0 Å². The molecule has 0 saturated carbocycles. The predicted octanol–water partition coefficient (Wildman–Crippen LogP) is 0.475. The van der Waals surface area contributed by atoms with Gasteiger partial charge in [0.25, 0.3) is 0 Å². The van der Waals surface area contributed by atoms with Crippen LogP contribution in [-0.4, -0.2) is 43.0 Å². The normalized spacial score (nSPS) is 25.2. The molecule has 0 aliphatic carbocycles. The number of hydrogen-bond acceptors (Lipinski definition) is 3. The van der Waals surface area contributed by atoms with E-state index >= 15 is 0 Å². The van der Waals surface area contributed by atoms with Gasteiger partial charge in [-0.2, -0.15) is 0 Å². The molecule has 0 unspecified atom stereocenters. The van der Waals surface area contributed by atoms with Crippen LogP contribution in [0.15, 0.2) is 0 Å². The van der Waals surface area contributed by atoms with E-state index in [1.807, 2.05) is 0 Å². The summed E-state index contributed by atoms with van der Waals surface area (Å²) in [5.41, 5.74) is -0.147. The highest BCUT2D eigenvalue weighted by Crippen LogP contribution is 2.40. The second kappa shape index (κ2) is 4.49. The van der Waals surface area contributed by atoms with Gasteiger partial charge in [-0.1, -0.05) is 0 Å². The van der Waals surface area contributed by atoms with Gasteiger partial charge in [0, 0.05) is 12.8 Å². The van der Waals surface area contributed by atoms with Crippen molar-refractivity contribution in [1.29, 1.82) is 0 Å². The molecule has 2 saturated heterocycles. The van der Waals surface area contributed by atoms with Crippen LogP contribution in [0, 0.1) is 5.41 Å². The van der Waals surface area contributed by atoms with E-state index in [0.717, 1.165) is 30.8 Å². The maximum Gasteiger partial charge on any atom is 0.229 e. The molecule has 1 spiro atoms. The Labute approximate surface area is 94.2 Å². The summed E-state index contributed by atoms with van der Waals surface area (Å²) in [5, 5.41) is 3.23. The molecule has 2 amide bonds. The number of hydrogen-bond donors (Lipinski definition) is 1. The fourth-order valence-electron chi connectivity index (χ4n) is 2.68. The predicted molar refractivity (Wildman–Crippen MR) is 56.5 cm³/mol. The molecule has 2 aliphatic rings. The van der Waals surface area contributed by atoms with Crippen LogP contribution in [0.25, 0.3) is 0 Å². The van der Waals surface area contributed by atoms with Crippen molar-refractivity contribution >= 4 is 11.8 Å². The Morgan fingerprint density at radius 2 is 1.75 bits per heavy atom. The monoisotopic (exact) mass is 228 g/mol. The first-order valence-electron chi connectivity index (χ1n) is 5.77. The number of amides is 2. The van der Waals surface area contributed by atoms with Crippen LogP contribution in [0.1, 0.15) is 25.7 Å². The molecule has 2 aliphatic heterocycles. The second-order valence-electron chi connectivity index (χ2n) is 4.73. The Bertz CT molecular complexity index is 280. The minimum absolute atomic E-state index is 0.0774. The number of imide groups is 1. The number of carbonyl (C=O) groups is 2. The van der Waals surface area contributed by atoms with Crippen molar-refractivity contribution in [3.05, 3.63) is 0 Å². The van der Waals surface area contributed by atoms with Crippen molar-refractivity contribution < 1.29 is 14.0 Å². The molecule has 16 heavy (non-hydrogen) atoms. The third-order valence-electron chi connectivity index (χ3n) is 3.63. The highest BCUT2D eigenvalue weighted by molar-refractivity contribution is 5.98. The Kier molecular flexibility index (Phi) is 3.23. The molecule has 0 aromatic heterocycles. The molecule has 2 fully saturated rings. The lowest BCUT2D eigenvalue weighted by atomic mass is 9.71. The summed E-state index contributed by atoms with van der Waals surface area (Å²) in [6.07, 6.45) is 2.54. The van der Waals surface area contributed by atoms with E-state index in [-0.39, 0.29) is 23.8 Å². The summed E-state index contributed by atoms with van der Waals surface area (Å²) in [4.78, 5) is 24.6. The van der Waals surface area contributed by atoms with E-state index in [4.69, 9.17) is 0 Å². The first kappa shape index (κ1) is 11.5. The van der Waals surface area contributed by atoms with Crippen LogP contribution >= 0.6 is 0 Å². The van der Waals surface area contributed by atoms with Crippen molar-refractivity contribution in [2.75, 3.05) is 26.3 Å². The summed E-state index contributed by atoms with van der Waals surface area (Å²) in [6, 6.07) is 0. The summed E-state index contributed by atoms with van der Waals surface area (Å²) < 4.78 is 12.2. The number of halogens is 1.